The summed E-state index contributed by atoms with van der Waals surface area (Å²) in [7, 11) is 0. The molecule has 1 atom stereocenters. The summed E-state index contributed by atoms with van der Waals surface area (Å²) in [5.41, 5.74) is -0.194. The number of halogens is 6. The highest BCUT2D eigenvalue weighted by atomic mass is 35.5. The first-order chi connectivity index (χ1) is 8.94. The average molecular weight is 315 g/mol. The molecule has 0 radical (unpaired) electrons. The average Bonchev–Trinajstić information content (AvgIpc) is 2.58. The van der Waals surface area contributed by atoms with Gasteiger partial charge in [0.05, 0.1) is 0 Å². The van der Waals surface area contributed by atoms with Crippen LogP contribution in [0.2, 0.25) is 0 Å². The third-order valence-corrected chi connectivity index (χ3v) is 3.60. The van der Waals surface area contributed by atoms with Crippen LogP contribution in [0.1, 0.15) is 30.4 Å². The second-order valence-electron chi connectivity index (χ2n) is 5.39. The number of hydrogen-bond donors (Lipinski definition) is 0. The smallest absolute Gasteiger partial charge is 0.455 e. The van der Waals surface area contributed by atoms with Gasteiger partial charge < -0.3 is 4.74 Å². The van der Waals surface area contributed by atoms with Crippen molar-refractivity contribution in [3.63, 3.8) is 0 Å². The highest BCUT2D eigenvalue weighted by Crippen LogP contribution is 2.49. The van der Waals surface area contributed by atoms with Gasteiger partial charge in [0.1, 0.15) is 16.7 Å². The Kier molecular flexibility index (Phi) is 3.44. The van der Waals surface area contributed by atoms with Crippen molar-refractivity contribution in [2.45, 2.75) is 43.3 Å². The fraction of sp³-hybridized carbons (Fsp3) is 0.538. The van der Waals surface area contributed by atoms with Gasteiger partial charge in [-0.05, 0) is 31.0 Å². The number of rotatable bonds is 2. The third-order valence-electron chi connectivity index (χ3n) is 3.08. The molecule has 1 heterocycles. The van der Waals surface area contributed by atoms with E-state index in [9.17, 15) is 22.0 Å². The van der Waals surface area contributed by atoms with Crippen LogP contribution in [0.15, 0.2) is 18.2 Å². The standard InChI is InChI=1S/C13H12ClF5O/c1-11(2)6-8-5-7(3-4-9(8)20-11)10(14)12(15,16)13(17,18)19/h3-5,10H,6H2,1-2H3. The highest BCUT2D eigenvalue weighted by molar-refractivity contribution is 6.21. The molecule has 0 saturated carbocycles. The molecule has 0 bridgehead atoms. The molecule has 0 saturated heterocycles. The van der Waals surface area contributed by atoms with Crippen molar-refractivity contribution < 1.29 is 26.7 Å². The Morgan fingerprint density at radius 2 is 1.80 bits per heavy atom. The van der Waals surface area contributed by atoms with Crippen LogP contribution in [0.25, 0.3) is 0 Å². The number of alkyl halides is 6. The minimum absolute atomic E-state index is 0.269. The molecule has 2 rings (SSSR count). The van der Waals surface area contributed by atoms with Crippen molar-refractivity contribution in [1.29, 1.82) is 0 Å². The second kappa shape index (κ2) is 4.48. The fourth-order valence-corrected chi connectivity index (χ4v) is 2.40. The first-order valence-electron chi connectivity index (χ1n) is 5.84. The van der Waals surface area contributed by atoms with E-state index >= 15 is 0 Å². The summed E-state index contributed by atoms with van der Waals surface area (Å²) in [4.78, 5) is 0. The molecule has 1 aliphatic heterocycles. The molecule has 0 fully saturated rings. The molecule has 1 aliphatic rings. The van der Waals surface area contributed by atoms with E-state index in [4.69, 9.17) is 16.3 Å². The molecule has 7 heteroatoms. The third kappa shape index (κ3) is 2.57. The van der Waals surface area contributed by atoms with E-state index in [2.05, 4.69) is 0 Å². The Morgan fingerprint density at radius 1 is 1.20 bits per heavy atom. The zero-order chi connectivity index (χ0) is 15.3. The molecule has 0 spiro atoms. The van der Waals surface area contributed by atoms with E-state index in [1.165, 1.54) is 12.1 Å². The normalized spacial score (nSPS) is 19.4. The van der Waals surface area contributed by atoms with Gasteiger partial charge >= 0.3 is 12.1 Å². The lowest BCUT2D eigenvalue weighted by molar-refractivity contribution is -0.283. The summed E-state index contributed by atoms with van der Waals surface area (Å²) in [5, 5.41) is -2.46. The van der Waals surface area contributed by atoms with Crippen molar-refractivity contribution in [3.8, 4) is 5.75 Å². The van der Waals surface area contributed by atoms with E-state index < -0.39 is 23.1 Å². The zero-order valence-corrected chi connectivity index (χ0v) is 11.4. The molecule has 20 heavy (non-hydrogen) atoms. The van der Waals surface area contributed by atoms with Crippen LogP contribution in [0.4, 0.5) is 22.0 Å². The monoisotopic (exact) mass is 314 g/mol. The van der Waals surface area contributed by atoms with Gasteiger partial charge in [0.15, 0.2) is 0 Å². The van der Waals surface area contributed by atoms with Crippen LogP contribution in [0.3, 0.4) is 0 Å². The highest BCUT2D eigenvalue weighted by Gasteiger charge is 2.62. The largest absolute Gasteiger partial charge is 0.487 e. The number of hydrogen-bond acceptors (Lipinski definition) is 1. The molecule has 0 N–H and O–H groups in total. The molecular formula is C13H12ClF5O. The van der Waals surface area contributed by atoms with E-state index in [-0.39, 0.29) is 5.56 Å². The summed E-state index contributed by atoms with van der Waals surface area (Å²) in [5.74, 6) is -4.50. The molecule has 112 valence electrons. The zero-order valence-electron chi connectivity index (χ0n) is 10.7. The van der Waals surface area contributed by atoms with Crippen molar-refractivity contribution in [3.05, 3.63) is 29.3 Å². The van der Waals surface area contributed by atoms with Gasteiger partial charge in [0.25, 0.3) is 0 Å². The Balaban J connectivity index is 2.33. The van der Waals surface area contributed by atoms with Crippen LogP contribution in [-0.4, -0.2) is 17.7 Å². The summed E-state index contributed by atoms with van der Waals surface area (Å²) in [6.45, 7) is 3.60. The van der Waals surface area contributed by atoms with Crippen LogP contribution < -0.4 is 4.74 Å². The predicted octanol–water partition coefficient (Wildman–Crippen LogP) is 4.88. The van der Waals surface area contributed by atoms with Crippen LogP contribution in [-0.2, 0) is 6.42 Å². The molecule has 0 aliphatic carbocycles. The summed E-state index contributed by atoms with van der Waals surface area (Å²) < 4.78 is 68.9. The van der Waals surface area contributed by atoms with Crippen LogP contribution >= 0.6 is 11.6 Å². The van der Waals surface area contributed by atoms with Crippen molar-refractivity contribution >= 4 is 11.6 Å². The Morgan fingerprint density at radius 3 is 2.35 bits per heavy atom. The lowest BCUT2D eigenvalue weighted by Gasteiger charge is -2.24. The maximum absolute atomic E-state index is 13.2. The number of benzene rings is 1. The minimum Gasteiger partial charge on any atom is -0.487 e. The molecular weight excluding hydrogens is 303 g/mol. The van der Waals surface area contributed by atoms with E-state index in [1.54, 1.807) is 13.8 Å². The van der Waals surface area contributed by atoms with Gasteiger partial charge in [-0.25, -0.2) is 0 Å². The first kappa shape index (κ1) is 15.4. The first-order valence-corrected chi connectivity index (χ1v) is 6.28. The molecule has 0 aromatic heterocycles. The summed E-state index contributed by atoms with van der Waals surface area (Å²) >= 11 is 5.34. The van der Waals surface area contributed by atoms with Gasteiger partial charge in [-0.1, -0.05) is 12.1 Å². The van der Waals surface area contributed by atoms with Gasteiger partial charge in [-0.3, -0.25) is 0 Å². The van der Waals surface area contributed by atoms with E-state index in [0.717, 1.165) is 6.07 Å². The molecule has 1 unspecified atom stereocenters. The predicted molar refractivity (Wildman–Crippen MR) is 64.4 cm³/mol. The molecule has 1 aromatic carbocycles. The van der Waals surface area contributed by atoms with Crippen LogP contribution in [0.5, 0.6) is 5.75 Å². The maximum Gasteiger partial charge on any atom is 0.455 e. The molecule has 1 nitrogen and oxygen atoms in total. The summed E-state index contributed by atoms with van der Waals surface area (Å²) in [6.07, 6.45) is -5.26. The SMILES string of the molecule is CC1(C)Cc2cc(C(Cl)C(F)(F)C(F)(F)F)ccc2O1. The van der Waals surface area contributed by atoms with Crippen molar-refractivity contribution in [2.24, 2.45) is 0 Å². The minimum atomic E-state index is -5.69. The van der Waals surface area contributed by atoms with Crippen LogP contribution in [0, 0.1) is 0 Å². The second-order valence-corrected chi connectivity index (χ2v) is 5.83. The molecule has 1 aromatic rings. The van der Waals surface area contributed by atoms with Gasteiger partial charge in [0, 0.05) is 6.42 Å². The van der Waals surface area contributed by atoms with Crippen molar-refractivity contribution in [1.82, 2.24) is 0 Å². The maximum atomic E-state index is 13.2. The lowest BCUT2D eigenvalue weighted by atomic mass is 9.98. The lowest BCUT2D eigenvalue weighted by Crippen LogP contribution is -2.40. The summed E-state index contributed by atoms with van der Waals surface area (Å²) in [6, 6.07) is 3.76. The molecule has 0 amide bonds. The van der Waals surface area contributed by atoms with Gasteiger partial charge in [-0.2, -0.15) is 22.0 Å². The van der Waals surface area contributed by atoms with Gasteiger partial charge in [-0.15, -0.1) is 11.6 Å². The fourth-order valence-electron chi connectivity index (χ4n) is 2.14. The Labute approximate surface area is 117 Å². The quantitative estimate of drug-likeness (QED) is 0.558. The van der Waals surface area contributed by atoms with Crippen molar-refractivity contribution in [2.75, 3.05) is 0 Å². The van der Waals surface area contributed by atoms with E-state index in [1.807, 2.05) is 0 Å². The number of fused-ring (bicyclic) bond motifs is 1. The Bertz CT molecular complexity index is 524. The van der Waals surface area contributed by atoms with E-state index in [0.29, 0.717) is 17.7 Å². The van der Waals surface area contributed by atoms with Gasteiger partial charge in [0.2, 0.25) is 0 Å². The topological polar surface area (TPSA) is 9.23 Å². The Hall–Kier alpha value is -1.04. The number of ether oxygens (including phenoxy) is 1.